The summed E-state index contributed by atoms with van der Waals surface area (Å²) in [5, 5.41) is 2.71. The summed E-state index contributed by atoms with van der Waals surface area (Å²) in [6.07, 6.45) is 1.59. The fraction of sp³-hybridized carbons (Fsp3) is 0.484. The first-order chi connectivity index (χ1) is 18.2. The minimum absolute atomic E-state index is 0.0706. The zero-order chi connectivity index (χ0) is 29.3. The number of Topliss-reactive ketones (excluding diaryl/α,β-unsaturated/α-hetero) is 4. The van der Waals surface area contributed by atoms with Gasteiger partial charge in [0.15, 0.2) is 17.3 Å². The van der Waals surface area contributed by atoms with Crippen molar-refractivity contribution in [3.05, 3.63) is 70.1 Å². The minimum Gasteiger partial charge on any atom is -0.346 e. The molecule has 8 heteroatoms. The predicted molar refractivity (Wildman–Crippen MR) is 149 cm³/mol. The van der Waals surface area contributed by atoms with Crippen LogP contribution in [0.3, 0.4) is 0 Å². The lowest BCUT2D eigenvalue weighted by atomic mass is 9.76. The summed E-state index contributed by atoms with van der Waals surface area (Å²) in [6.45, 7) is 10.6. The summed E-state index contributed by atoms with van der Waals surface area (Å²) in [5.41, 5.74) is 0.147. The first kappa shape index (κ1) is 31.5. The molecule has 0 saturated heterocycles. The van der Waals surface area contributed by atoms with Crippen LogP contribution in [0.2, 0.25) is 0 Å². The van der Waals surface area contributed by atoms with Crippen molar-refractivity contribution < 1.29 is 24.0 Å². The number of hydrogen-bond donors (Lipinski definition) is 2. The largest absolute Gasteiger partial charge is 0.346 e. The van der Waals surface area contributed by atoms with Crippen LogP contribution in [0.15, 0.2) is 53.5 Å². The van der Waals surface area contributed by atoms with E-state index >= 15 is 0 Å². The highest BCUT2D eigenvalue weighted by Crippen LogP contribution is 2.30. The number of carbonyl (C=O) groups is 5. The van der Waals surface area contributed by atoms with Gasteiger partial charge in [0.25, 0.3) is 0 Å². The average Bonchev–Trinajstić information content (AvgIpc) is 2.87. The van der Waals surface area contributed by atoms with E-state index in [1.165, 1.54) is 25.3 Å². The molecule has 0 saturated carbocycles. The summed E-state index contributed by atoms with van der Waals surface area (Å²) in [4.78, 5) is 78.7. The van der Waals surface area contributed by atoms with E-state index < -0.39 is 46.3 Å². The average molecular weight is 537 g/mol. The van der Waals surface area contributed by atoms with Gasteiger partial charge in [0.1, 0.15) is 0 Å². The molecule has 0 radical (unpaired) electrons. The molecule has 0 fully saturated rings. The van der Waals surface area contributed by atoms with E-state index in [2.05, 4.69) is 10.3 Å². The number of aromatic amines is 1. The van der Waals surface area contributed by atoms with Crippen molar-refractivity contribution in [3.8, 4) is 0 Å². The number of H-pyrrole nitrogens is 1. The molecule has 210 valence electrons. The number of aromatic nitrogens is 1. The molecule has 0 aliphatic carbocycles. The fourth-order valence-electron chi connectivity index (χ4n) is 4.37. The van der Waals surface area contributed by atoms with Gasteiger partial charge in [0, 0.05) is 43.0 Å². The molecule has 0 unspecified atom stereocenters. The van der Waals surface area contributed by atoms with E-state index in [0.29, 0.717) is 6.42 Å². The first-order valence-corrected chi connectivity index (χ1v) is 13.4. The van der Waals surface area contributed by atoms with E-state index in [0.717, 1.165) is 5.56 Å². The van der Waals surface area contributed by atoms with Gasteiger partial charge in [-0.1, -0.05) is 65.0 Å². The Morgan fingerprint density at radius 2 is 1.56 bits per heavy atom. The highest BCUT2D eigenvalue weighted by molar-refractivity contribution is 6.38. The number of ketones is 4. The Labute approximate surface area is 230 Å². The van der Waals surface area contributed by atoms with Crippen molar-refractivity contribution in [2.45, 2.75) is 73.3 Å². The van der Waals surface area contributed by atoms with Crippen LogP contribution in [0.4, 0.5) is 0 Å². The Morgan fingerprint density at radius 1 is 0.923 bits per heavy atom. The minimum atomic E-state index is -0.912. The molecule has 1 heterocycles. The SMILES string of the molecule is CC(C)[C@H](CC(=O)[C@H](C)NC(=O)[C@@H](CC(=O)c1cc[nH]c(=O)c1)C(C)(C)C)C(=O)C(=O)CCc1ccccc1. The molecule has 0 aliphatic heterocycles. The zero-order valence-corrected chi connectivity index (χ0v) is 23.7. The molecular weight excluding hydrogens is 496 g/mol. The Bertz CT molecular complexity index is 1240. The molecule has 0 aliphatic rings. The van der Waals surface area contributed by atoms with Crippen LogP contribution in [-0.4, -0.2) is 40.1 Å². The van der Waals surface area contributed by atoms with Crippen LogP contribution in [0.1, 0.15) is 76.7 Å². The first-order valence-electron chi connectivity index (χ1n) is 13.4. The van der Waals surface area contributed by atoms with Gasteiger partial charge in [-0.3, -0.25) is 28.8 Å². The van der Waals surface area contributed by atoms with Crippen molar-refractivity contribution in [1.29, 1.82) is 0 Å². The Balaban J connectivity index is 2.04. The highest BCUT2D eigenvalue weighted by Gasteiger charge is 2.36. The molecule has 2 rings (SSSR count). The second-order valence-electron chi connectivity index (χ2n) is 11.5. The van der Waals surface area contributed by atoms with Crippen molar-refractivity contribution >= 4 is 29.0 Å². The quantitative estimate of drug-likeness (QED) is 0.276. The molecule has 0 spiro atoms. The summed E-state index contributed by atoms with van der Waals surface area (Å²) in [7, 11) is 0. The number of nitrogens with one attached hydrogen (secondary N) is 2. The summed E-state index contributed by atoms with van der Waals surface area (Å²) < 4.78 is 0. The molecule has 1 amide bonds. The second kappa shape index (κ2) is 13.9. The van der Waals surface area contributed by atoms with Crippen LogP contribution in [0.25, 0.3) is 0 Å². The summed E-state index contributed by atoms with van der Waals surface area (Å²) in [6, 6.07) is 11.2. The van der Waals surface area contributed by atoms with Gasteiger partial charge in [-0.2, -0.15) is 0 Å². The van der Waals surface area contributed by atoms with Crippen LogP contribution < -0.4 is 10.9 Å². The Hall–Kier alpha value is -3.68. The van der Waals surface area contributed by atoms with Gasteiger partial charge in [0.05, 0.1) is 12.0 Å². The monoisotopic (exact) mass is 536 g/mol. The Morgan fingerprint density at radius 3 is 2.13 bits per heavy atom. The van der Waals surface area contributed by atoms with Gasteiger partial charge in [-0.25, -0.2) is 0 Å². The van der Waals surface area contributed by atoms with Gasteiger partial charge in [0.2, 0.25) is 17.2 Å². The number of rotatable bonds is 14. The van der Waals surface area contributed by atoms with Crippen molar-refractivity contribution in [1.82, 2.24) is 10.3 Å². The maximum atomic E-state index is 13.2. The standard InChI is InChI=1S/C31H40N2O6/c1-19(2)23(29(38)25(34)13-12-21-10-8-7-9-11-21)17-26(35)20(3)33-30(39)24(31(4,5)6)18-27(36)22-14-15-32-28(37)16-22/h7-11,14-16,19-20,23-24H,12-13,17-18H2,1-6H3,(H,32,37)(H,33,39)/t20-,23-,24+/m0/s1. The van der Waals surface area contributed by atoms with Crippen molar-refractivity contribution in [2.24, 2.45) is 23.2 Å². The van der Waals surface area contributed by atoms with Crippen LogP contribution in [0, 0.1) is 23.2 Å². The third-order valence-electron chi connectivity index (χ3n) is 7.01. The summed E-state index contributed by atoms with van der Waals surface area (Å²) >= 11 is 0. The molecule has 1 aromatic heterocycles. The Kier molecular flexibility index (Phi) is 11.3. The van der Waals surface area contributed by atoms with Gasteiger partial charge >= 0.3 is 0 Å². The number of amides is 1. The lowest BCUT2D eigenvalue weighted by Crippen LogP contribution is -2.46. The molecule has 39 heavy (non-hydrogen) atoms. The number of benzene rings is 1. The fourth-order valence-corrected chi connectivity index (χ4v) is 4.37. The molecule has 1 aromatic carbocycles. The van der Waals surface area contributed by atoms with E-state index in [4.69, 9.17) is 0 Å². The maximum absolute atomic E-state index is 13.2. The molecule has 2 N–H and O–H groups in total. The van der Waals surface area contributed by atoms with Crippen LogP contribution >= 0.6 is 0 Å². The van der Waals surface area contributed by atoms with Gasteiger partial charge < -0.3 is 10.3 Å². The van der Waals surface area contributed by atoms with E-state index in [1.54, 1.807) is 13.8 Å². The van der Waals surface area contributed by atoms with Gasteiger partial charge in [-0.05, 0) is 36.3 Å². The second-order valence-corrected chi connectivity index (χ2v) is 11.5. The number of carbonyl (C=O) groups excluding carboxylic acids is 5. The van der Waals surface area contributed by atoms with Crippen molar-refractivity contribution in [2.75, 3.05) is 0 Å². The third kappa shape index (κ3) is 9.53. The highest BCUT2D eigenvalue weighted by atomic mass is 16.2. The van der Waals surface area contributed by atoms with Crippen molar-refractivity contribution in [3.63, 3.8) is 0 Å². The van der Waals surface area contributed by atoms with Crippen LogP contribution in [-0.2, 0) is 25.6 Å². The topological polar surface area (TPSA) is 130 Å². The van der Waals surface area contributed by atoms with E-state index in [-0.39, 0.29) is 42.3 Å². The van der Waals surface area contributed by atoms with E-state index in [1.807, 2.05) is 51.1 Å². The maximum Gasteiger partial charge on any atom is 0.248 e. The zero-order valence-electron chi connectivity index (χ0n) is 23.7. The number of hydrogen-bond acceptors (Lipinski definition) is 6. The number of pyridine rings is 1. The molecule has 0 bridgehead atoms. The smallest absolute Gasteiger partial charge is 0.248 e. The lowest BCUT2D eigenvalue weighted by Gasteiger charge is -2.30. The van der Waals surface area contributed by atoms with Gasteiger partial charge in [-0.15, -0.1) is 0 Å². The lowest BCUT2D eigenvalue weighted by molar-refractivity contribution is -0.141. The molecular formula is C31H40N2O6. The third-order valence-corrected chi connectivity index (χ3v) is 7.01. The van der Waals surface area contributed by atoms with E-state index in [9.17, 15) is 28.8 Å². The molecule has 3 atom stereocenters. The normalized spacial score (nSPS) is 13.8. The summed E-state index contributed by atoms with van der Waals surface area (Å²) in [5.74, 6) is -4.03. The molecule has 8 nitrogen and oxygen atoms in total. The predicted octanol–water partition coefficient (Wildman–Crippen LogP) is 4.12. The van der Waals surface area contributed by atoms with Crippen LogP contribution in [0.5, 0.6) is 0 Å². The molecule has 2 aromatic rings. The number of aryl methyl sites for hydroxylation is 1.